The Labute approximate surface area is 159 Å². The molecule has 0 saturated heterocycles. The van der Waals surface area contributed by atoms with Crippen LogP contribution >= 0.6 is 12.6 Å². The van der Waals surface area contributed by atoms with Crippen LogP contribution in [0.15, 0.2) is 24.3 Å². The lowest BCUT2D eigenvalue weighted by molar-refractivity contribution is -0.130. The Morgan fingerprint density at radius 2 is 1.81 bits per heavy atom. The molecule has 0 spiro atoms. The standard InChI is InChI=1S/C18H27N3O4S/c1-11(2)7-15(19)17(24)21-16(10-26)18(25)20-13(9-22)8-12-3-5-14(23)6-4-12/h3-6,9,11,13,15-16,23,26H,7-8,10,19H2,1-2H3,(H,20,25)(H,21,24). The predicted octanol–water partition coefficient (Wildman–Crippen LogP) is 0.406. The lowest BCUT2D eigenvalue weighted by atomic mass is 10.0. The Bertz CT molecular complexity index is 607. The molecule has 1 aromatic carbocycles. The number of carbonyl (C=O) groups is 3. The molecule has 8 heteroatoms. The van der Waals surface area contributed by atoms with Gasteiger partial charge in [0.1, 0.15) is 18.1 Å². The zero-order valence-electron chi connectivity index (χ0n) is 15.0. The van der Waals surface area contributed by atoms with Gasteiger partial charge in [0.15, 0.2) is 0 Å². The van der Waals surface area contributed by atoms with Crippen LogP contribution in [0.25, 0.3) is 0 Å². The molecule has 0 bridgehead atoms. The van der Waals surface area contributed by atoms with E-state index in [-0.39, 0.29) is 23.8 Å². The van der Waals surface area contributed by atoms with Crippen molar-refractivity contribution in [1.82, 2.24) is 10.6 Å². The third kappa shape index (κ3) is 7.45. The fraction of sp³-hybridized carbons (Fsp3) is 0.500. The molecule has 0 aliphatic carbocycles. The number of nitrogens with one attached hydrogen (secondary N) is 2. The molecule has 0 saturated carbocycles. The molecule has 1 aromatic rings. The second-order valence-electron chi connectivity index (χ2n) is 6.60. The highest BCUT2D eigenvalue weighted by atomic mass is 32.1. The Hall–Kier alpha value is -2.06. The minimum absolute atomic E-state index is 0.0801. The van der Waals surface area contributed by atoms with Crippen molar-refractivity contribution in [3.8, 4) is 5.75 Å². The van der Waals surface area contributed by atoms with Crippen LogP contribution in [0.2, 0.25) is 0 Å². The van der Waals surface area contributed by atoms with Crippen LogP contribution in [-0.4, -0.2) is 47.1 Å². The van der Waals surface area contributed by atoms with Crippen LogP contribution in [0.3, 0.4) is 0 Å². The van der Waals surface area contributed by atoms with E-state index in [0.29, 0.717) is 12.7 Å². The number of aldehydes is 1. The van der Waals surface area contributed by atoms with E-state index in [1.807, 2.05) is 13.8 Å². The molecule has 1 rings (SSSR count). The van der Waals surface area contributed by atoms with Crippen molar-refractivity contribution in [3.05, 3.63) is 29.8 Å². The Kier molecular flexibility index (Phi) is 9.15. The van der Waals surface area contributed by atoms with Gasteiger partial charge in [0.05, 0.1) is 12.1 Å². The highest BCUT2D eigenvalue weighted by Gasteiger charge is 2.24. The number of rotatable bonds is 10. The van der Waals surface area contributed by atoms with Crippen LogP contribution < -0.4 is 16.4 Å². The Balaban J connectivity index is 2.64. The maximum absolute atomic E-state index is 12.4. The molecule has 0 radical (unpaired) electrons. The monoisotopic (exact) mass is 381 g/mol. The van der Waals surface area contributed by atoms with E-state index in [1.54, 1.807) is 12.1 Å². The number of nitrogens with two attached hydrogens (primary N) is 1. The smallest absolute Gasteiger partial charge is 0.244 e. The van der Waals surface area contributed by atoms with Gasteiger partial charge >= 0.3 is 0 Å². The van der Waals surface area contributed by atoms with Gasteiger partial charge in [-0.1, -0.05) is 26.0 Å². The van der Waals surface area contributed by atoms with Gasteiger partial charge < -0.3 is 26.3 Å². The van der Waals surface area contributed by atoms with Crippen LogP contribution in [0.5, 0.6) is 5.75 Å². The van der Waals surface area contributed by atoms with E-state index < -0.39 is 29.9 Å². The number of hydrogen-bond donors (Lipinski definition) is 5. The molecule has 0 aromatic heterocycles. The van der Waals surface area contributed by atoms with Gasteiger partial charge in [0.2, 0.25) is 11.8 Å². The molecule has 144 valence electrons. The molecule has 7 nitrogen and oxygen atoms in total. The van der Waals surface area contributed by atoms with Crippen molar-refractivity contribution in [3.63, 3.8) is 0 Å². The zero-order chi connectivity index (χ0) is 19.7. The number of thiol groups is 1. The third-order valence-corrected chi connectivity index (χ3v) is 4.13. The molecular formula is C18H27N3O4S. The maximum atomic E-state index is 12.4. The van der Waals surface area contributed by atoms with Crippen LogP contribution in [0.1, 0.15) is 25.8 Å². The van der Waals surface area contributed by atoms with Crippen molar-refractivity contribution in [2.45, 2.75) is 44.8 Å². The molecule has 2 amide bonds. The second-order valence-corrected chi connectivity index (χ2v) is 6.97. The second kappa shape index (κ2) is 10.8. The van der Waals surface area contributed by atoms with Crippen molar-refractivity contribution >= 4 is 30.7 Å². The summed E-state index contributed by atoms with van der Waals surface area (Å²) in [5, 5.41) is 14.4. The number of phenolic OH excluding ortho intramolecular Hbond substituents is 1. The minimum atomic E-state index is -0.883. The first-order valence-electron chi connectivity index (χ1n) is 8.47. The summed E-state index contributed by atoms with van der Waals surface area (Å²) >= 11 is 4.10. The van der Waals surface area contributed by atoms with Crippen molar-refractivity contribution in [2.24, 2.45) is 11.7 Å². The minimum Gasteiger partial charge on any atom is -0.508 e. The summed E-state index contributed by atoms with van der Waals surface area (Å²) in [4.78, 5) is 35.7. The quantitative estimate of drug-likeness (QED) is 0.297. The summed E-state index contributed by atoms with van der Waals surface area (Å²) < 4.78 is 0. The largest absolute Gasteiger partial charge is 0.508 e. The topological polar surface area (TPSA) is 122 Å². The van der Waals surface area contributed by atoms with Crippen LogP contribution in [0.4, 0.5) is 0 Å². The molecule has 5 N–H and O–H groups in total. The molecule has 26 heavy (non-hydrogen) atoms. The average molecular weight is 381 g/mol. The van der Waals surface area contributed by atoms with E-state index in [9.17, 15) is 19.5 Å². The zero-order valence-corrected chi connectivity index (χ0v) is 15.9. The van der Waals surface area contributed by atoms with Gasteiger partial charge in [0, 0.05) is 5.75 Å². The fourth-order valence-corrected chi connectivity index (χ4v) is 2.65. The first-order valence-corrected chi connectivity index (χ1v) is 9.10. The molecule has 0 heterocycles. The first-order chi connectivity index (χ1) is 12.3. The Morgan fingerprint density at radius 1 is 1.19 bits per heavy atom. The normalized spacial score (nSPS) is 14.3. The number of amides is 2. The van der Waals surface area contributed by atoms with Gasteiger partial charge in [-0.3, -0.25) is 9.59 Å². The van der Waals surface area contributed by atoms with Crippen molar-refractivity contribution in [2.75, 3.05) is 5.75 Å². The number of aromatic hydroxyl groups is 1. The van der Waals surface area contributed by atoms with E-state index in [2.05, 4.69) is 23.3 Å². The molecule has 0 aliphatic rings. The summed E-state index contributed by atoms with van der Waals surface area (Å²) in [5.74, 6) is -0.466. The number of carbonyl (C=O) groups excluding carboxylic acids is 3. The van der Waals surface area contributed by atoms with Crippen molar-refractivity contribution in [1.29, 1.82) is 0 Å². The van der Waals surface area contributed by atoms with Crippen LogP contribution in [-0.2, 0) is 20.8 Å². The maximum Gasteiger partial charge on any atom is 0.244 e. The lowest BCUT2D eigenvalue weighted by Crippen LogP contribution is -2.54. The fourth-order valence-electron chi connectivity index (χ4n) is 2.39. The highest BCUT2D eigenvalue weighted by Crippen LogP contribution is 2.11. The lowest BCUT2D eigenvalue weighted by Gasteiger charge is -2.21. The molecule has 3 atom stereocenters. The first kappa shape index (κ1) is 22.0. The molecule has 0 aliphatic heterocycles. The summed E-state index contributed by atoms with van der Waals surface area (Å²) in [7, 11) is 0. The SMILES string of the molecule is CC(C)CC(N)C(=O)NC(CS)C(=O)NC(C=O)Cc1ccc(O)cc1. The number of hydrogen-bond acceptors (Lipinski definition) is 6. The van der Waals surface area contributed by atoms with Gasteiger partial charge in [-0.2, -0.15) is 12.6 Å². The average Bonchev–Trinajstić information content (AvgIpc) is 2.59. The van der Waals surface area contributed by atoms with Gasteiger partial charge in [-0.05, 0) is 36.5 Å². The summed E-state index contributed by atoms with van der Waals surface area (Å²) in [6.45, 7) is 3.90. The van der Waals surface area contributed by atoms with Gasteiger partial charge in [-0.15, -0.1) is 0 Å². The summed E-state index contributed by atoms with van der Waals surface area (Å²) in [6.07, 6.45) is 1.41. The van der Waals surface area contributed by atoms with Crippen LogP contribution in [0, 0.1) is 5.92 Å². The van der Waals surface area contributed by atoms with Crippen molar-refractivity contribution < 1.29 is 19.5 Å². The van der Waals surface area contributed by atoms with Gasteiger partial charge in [-0.25, -0.2) is 0 Å². The van der Waals surface area contributed by atoms with E-state index >= 15 is 0 Å². The highest BCUT2D eigenvalue weighted by molar-refractivity contribution is 7.80. The Morgan fingerprint density at radius 3 is 2.31 bits per heavy atom. The molecule has 0 fully saturated rings. The van der Waals surface area contributed by atoms with E-state index in [0.717, 1.165) is 5.56 Å². The van der Waals surface area contributed by atoms with E-state index in [4.69, 9.17) is 5.73 Å². The van der Waals surface area contributed by atoms with Gasteiger partial charge in [0.25, 0.3) is 0 Å². The third-order valence-electron chi connectivity index (χ3n) is 3.76. The van der Waals surface area contributed by atoms with E-state index in [1.165, 1.54) is 12.1 Å². The number of phenols is 1. The molecular weight excluding hydrogens is 354 g/mol. The predicted molar refractivity (Wildman–Crippen MR) is 103 cm³/mol. The number of benzene rings is 1. The summed E-state index contributed by atoms with van der Waals surface area (Å²) in [6, 6.07) is 4.00. The molecule has 3 unspecified atom stereocenters. The summed E-state index contributed by atoms with van der Waals surface area (Å²) in [5.41, 5.74) is 6.60.